The Bertz CT molecular complexity index is 1230. The molecule has 0 radical (unpaired) electrons. The van der Waals surface area contributed by atoms with Crippen molar-refractivity contribution < 1.29 is 41.8 Å². The molecular formula is C27H39N3O9S3. The molecule has 12 nitrogen and oxygen atoms in total. The Hall–Kier alpha value is -2.75. The van der Waals surface area contributed by atoms with Crippen LogP contribution in [0.2, 0.25) is 0 Å². The van der Waals surface area contributed by atoms with Crippen molar-refractivity contribution in [2.75, 3.05) is 38.8 Å². The number of carbonyl (C=O) groups is 4. The first kappa shape index (κ1) is 35.4. The minimum Gasteiger partial charge on any atom is -0.467 e. The molecule has 3 atom stereocenters. The fourth-order valence-electron chi connectivity index (χ4n) is 3.96. The van der Waals surface area contributed by atoms with E-state index in [1.54, 1.807) is 20.8 Å². The molecule has 0 aromatic heterocycles. The van der Waals surface area contributed by atoms with Crippen molar-refractivity contribution in [1.29, 1.82) is 0 Å². The number of nitrogens with zero attached hydrogens (tertiary/aromatic N) is 1. The van der Waals surface area contributed by atoms with Crippen molar-refractivity contribution in [3.05, 3.63) is 42.5 Å². The Balaban J connectivity index is 2.15. The maximum absolute atomic E-state index is 13.2. The van der Waals surface area contributed by atoms with E-state index in [0.717, 1.165) is 11.8 Å². The monoisotopic (exact) mass is 645 g/mol. The third-order valence-electron chi connectivity index (χ3n) is 5.90. The Morgan fingerprint density at radius 3 is 2.57 bits per heavy atom. The molecule has 1 fully saturated rings. The smallest absolute Gasteiger partial charge is 0.410 e. The van der Waals surface area contributed by atoms with Gasteiger partial charge in [0.15, 0.2) is 0 Å². The number of amides is 2. The molecule has 1 unspecified atom stereocenters. The molecule has 234 valence electrons. The third-order valence-corrected chi connectivity index (χ3v) is 8.92. The van der Waals surface area contributed by atoms with Gasteiger partial charge in [-0.25, -0.2) is 27.5 Å². The summed E-state index contributed by atoms with van der Waals surface area (Å²) in [7, 11) is -2.89. The molecule has 0 spiro atoms. The highest BCUT2D eigenvalue weighted by Crippen LogP contribution is 2.30. The van der Waals surface area contributed by atoms with E-state index in [1.807, 2.05) is 6.26 Å². The number of nitrogens with one attached hydrogen (secondary N) is 2. The highest BCUT2D eigenvalue weighted by atomic mass is 32.2. The van der Waals surface area contributed by atoms with Gasteiger partial charge in [-0.1, -0.05) is 18.7 Å². The average Bonchev–Trinajstić information content (AvgIpc) is 3.33. The van der Waals surface area contributed by atoms with E-state index in [9.17, 15) is 27.6 Å². The van der Waals surface area contributed by atoms with Crippen molar-refractivity contribution in [2.45, 2.75) is 61.4 Å². The molecule has 0 bridgehead atoms. The Morgan fingerprint density at radius 1 is 1.24 bits per heavy atom. The lowest BCUT2D eigenvalue weighted by atomic mass is 10.1. The minimum absolute atomic E-state index is 0.0272. The van der Waals surface area contributed by atoms with Gasteiger partial charge in [0.05, 0.1) is 12.0 Å². The second kappa shape index (κ2) is 16.2. The van der Waals surface area contributed by atoms with Crippen LogP contribution in [0.1, 0.15) is 44.0 Å². The summed E-state index contributed by atoms with van der Waals surface area (Å²) in [6.07, 6.45) is 3.28. The van der Waals surface area contributed by atoms with Crippen LogP contribution in [0.5, 0.6) is 0 Å². The molecule has 0 saturated carbocycles. The third kappa shape index (κ3) is 11.2. The van der Waals surface area contributed by atoms with Crippen molar-refractivity contribution in [3.63, 3.8) is 0 Å². The molecule has 42 heavy (non-hydrogen) atoms. The van der Waals surface area contributed by atoms with Gasteiger partial charge in [0.1, 0.15) is 18.2 Å². The first-order valence-corrected chi connectivity index (χ1v) is 16.9. The van der Waals surface area contributed by atoms with E-state index in [1.165, 1.54) is 54.1 Å². The van der Waals surface area contributed by atoms with E-state index in [2.05, 4.69) is 16.6 Å². The fraction of sp³-hybridized carbons (Fsp3) is 0.556. The minimum atomic E-state index is -4.12. The second-order valence-corrected chi connectivity index (χ2v) is 14.3. The van der Waals surface area contributed by atoms with Crippen LogP contribution in [0.15, 0.2) is 41.8 Å². The second-order valence-electron chi connectivity index (χ2n) is 10.3. The molecule has 1 heterocycles. The highest BCUT2D eigenvalue weighted by Gasteiger charge is 2.39. The number of thioether (sulfide) groups is 2. The number of methoxy groups -OCH3 is 1. The van der Waals surface area contributed by atoms with Crippen molar-refractivity contribution in [3.8, 4) is 0 Å². The largest absolute Gasteiger partial charge is 0.467 e. The lowest BCUT2D eigenvalue weighted by molar-refractivity contribution is -0.142. The molecule has 1 aromatic rings. The van der Waals surface area contributed by atoms with Crippen LogP contribution < -0.4 is 10.0 Å². The summed E-state index contributed by atoms with van der Waals surface area (Å²) < 4.78 is 44.2. The van der Waals surface area contributed by atoms with Crippen LogP contribution >= 0.6 is 23.5 Å². The molecule has 1 aliphatic heterocycles. The molecule has 2 amide bonds. The maximum atomic E-state index is 13.2. The maximum Gasteiger partial charge on any atom is 0.410 e. The van der Waals surface area contributed by atoms with E-state index >= 15 is 0 Å². The highest BCUT2D eigenvalue weighted by molar-refractivity contribution is 8.13. The van der Waals surface area contributed by atoms with Gasteiger partial charge in [-0.2, -0.15) is 11.8 Å². The topological polar surface area (TPSA) is 157 Å². The van der Waals surface area contributed by atoms with E-state index in [4.69, 9.17) is 14.2 Å². The van der Waals surface area contributed by atoms with Gasteiger partial charge in [-0.15, -0.1) is 0 Å². The summed E-state index contributed by atoms with van der Waals surface area (Å²) in [5, 5.41) is 1.76. The first-order valence-electron chi connectivity index (χ1n) is 13.1. The van der Waals surface area contributed by atoms with Gasteiger partial charge >= 0.3 is 17.4 Å². The van der Waals surface area contributed by atoms with Gasteiger partial charge < -0.3 is 24.4 Å². The number of rotatable bonds is 13. The van der Waals surface area contributed by atoms with Crippen LogP contribution in [0, 0.1) is 0 Å². The predicted octanol–water partition coefficient (Wildman–Crippen LogP) is 3.42. The van der Waals surface area contributed by atoms with Crippen LogP contribution in [-0.4, -0.2) is 98.3 Å². The quantitative estimate of drug-likeness (QED) is 0.184. The number of likely N-dealkylation sites (tertiary alicyclic amines) is 1. The van der Waals surface area contributed by atoms with E-state index in [-0.39, 0.29) is 35.4 Å². The van der Waals surface area contributed by atoms with Crippen LogP contribution in [-0.2, 0) is 29.0 Å². The number of hydrogen-bond acceptors (Lipinski definition) is 11. The lowest BCUT2D eigenvalue weighted by Gasteiger charge is -2.24. The van der Waals surface area contributed by atoms with Crippen molar-refractivity contribution >= 4 is 56.8 Å². The van der Waals surface area contributed by atoms with E-state index in [0.29, 0.717) is 18.6 Å². The molecular weight excluding hydrogens is 607 g/mol. The van der Waals surface area contributed by atoms with Gasteiger partial charge in [-0.05, 0) is 75.6 Å². The summed E-state index contributed by atoms with van der Waals surface area (Å²) in [4.78, 5) is 51.2. The van der Waals surface area contributed by atoms with Crippen LogP contribution in [0.4, 0.5) is 9.59 Å². The zero-order chi connectivity index (χ0) is 31.5. The average molecular weight is 646 g/mol. The SMILES string of the molecule is C=CCOC(=O)N1C[C@@H](SC(=O)OC(C)(C)C)C[C@H]1CNS(=O)(=O)c1cccc(C(=O)NC(CCSC)C(=O)OC)c1. The van der Waals surface area contributed by atoms with Crippen LogP contribution in [0.25, 0.3) is 0 Å². The molecule has 2 rings (SSSR count). The number of benzene rings is 1. The normalized spacial score (nSPS) is 17.7. The Morgan fingerprint density at radius 2 is 1.95 bits per heavy atom. The Labute approximate surface area is 255 Å². The lowest BCUT2D eigenvalue weighted by Crippen LogP contribution is -2.43. The fourth-order valence-corrected chi connectivity index (χ4v) is 6.68. The zero-order valence-electron chi connectivity index (χ0n) is 24.4. The molecule has 15 heteroatoms. The molecule has 1 saturated heterocycles. The number of sulfonamides is 1. The van der Waals surface area contributed by atoms with Crippen molar-refractivity contribution in [2.24, 2.45) is 0 Å². The van der Waals surface area contributed by atoms with Gasteiger partial charge in [-0.3, -0.25) is 4.79 Å². The summed E-state index contributed by atoms with van der Waals surface area (Å²) in [6, 6.07) is 3.89. The first-order chi connectivity index (χ1) is 19.7. The standard InChI is InChI=1S/C27H39N3O9S3/c1-7-12-38-25(33)30-17-20(41-26(34)39-27(2,3)4)15-19(30)16-28-42(35,36)21-10-8-9-18(14-21)23(31)29-22(11-13-40-6)24(32)37-5/h7-10,14,19-20,22,28H,1,11-13,15-17H2,2-6H3,(H,29,31)/t19-,20-,22?/m0/s1. The molecule has 1 aliphatic rings. The number of esters is 1. The summed E-state index contributed by atoms with van der Waals surface area (Å²) >= 11 is 2.45. The summed E-state index contributed by atoms with van der Waals surface area (Å²) in [5.41, 5.74) is -0.638. The predicted molar refractivity (Wildman–Crippen MR) is 162 cm³/mol. The molecule has 2 N–H and O–H groups in total. The van der Waals surface area contributed by atoms with Crippen LogP contribution in [0.3, 0.4) is 0 Å². The summed E-state index contributed by atoms with van der Waals surface area (Å²) in [6.45, 7) is 8.74. The van der Waals surface area contributed by atoms with Gasteiger partial charge in [0.25, 0.3) is 5.91 Å². The number of hydrogen-bond donors (Lipinski definition) is 2. The summed E-state index contributed by atoms with van der Waals surface area (Å²) in [5.74, 6) is -0.620. The molecule has 0 aliphatic carbocycles. The number of ether oxygens (including phenoxy) is 3. The van der Waals surface area contributed by atoms with E-state index < -0.39 is 51.0 Å². The number of carbonyl (C=O) groups excluding carboxylic acids is 4. The zero-order valence-corrected chi connectivity index (χ0v) is 26.9. The van der Waals surface area contributed by atoms with Gasteiger partial charge in [0, 0.05) is 29.9 Å². The Kier molecular flexibility index (Phi) is 13.7. The van der Waals surface area contributed by atoms with Crippen molar-refractivity contribution in [1.82, 2.24) is 14.9 Å². The van der Waals surface area contributed by atoms with Gasteiger partial charge in [0.2, 0.25) is 10.0 Å². The molecule has 1 aromatic carbocycles.